The second kappa shape index (κ2) is 8.84. The maximum absolute atomic E-state index is 5.30. The summed E-state index contributed by atoms with van der Waals surface area (Å²) in [5.74, 6) is 0.913. The van der Waals surface area contributed by atoms with E-state index in [0.29, 0.717) is 0 Å². The molecule has 0 spiro atoms. The summed E-state index contributed by atoms with van der Waals surface area (Å²) in [4.78, 5) is 5.10. The molecular formula is C22H28N2O. The molecule has 0 N–H and O–H groups in total. The van der Waals surface area contributed by atoms with Crippen LogP contribution in [0.3, 0.4) is 0 Å². The minimum Gasteiger partial charge on any atom is -0.497 e. The molecule has 0 aliphatic carbocycles. The highest BCUT2D eigenvalue weighted by molar-refractivity contribution is 5.54. The van der Waals surface area contributed by atoms with Crippen LogP contribution in [-0.4, -0.2) is 49.6 Å². The number of benzene rings is 2. The molecule has 0 unspecified atom stereocenters. The Morgan fingerprint density at radius 1 is 0.960 bits per heavy atom. The number of nitrogens with zero attached hydrogens (tertiary/aromatic N) is 2. The van der Waals surface area contributed by atoms with Crippen LogP contribution in [0, 0.1) is 0 Å². The second-order valence-electron chi connectivity index (χ2n) is 6.81. The van der Waals surface area contributed by atoms with Crippen molar-refractivity contribution in [3.8, 4) is 5.75 Å². The van der Waals surface area contributed by atoms with Crippen molar-refractivity contribution in [3.63, 3.8) is 0 Å². The summed E-state index contributed by atoms with van der Waals surface area (Å²) in [5.41, 5.74) is 4.01. The number of ether oxygens (including phenoxy) is 1. The Morgan fingerprint density at radius 2 is 1.68 bits per heavy atom. The van der Waals surface area contributed by atoms with Crippen LogP contribution in [0.4, 0.5) is 0 Å². The number of hydrogen-bond acceptors (Lipinski definition) is 3. The molecule has 0 saturated carbocycles. The SMILES string of the molecule is COc1cccc(/C=C(\C)CN2CCN(Cc3ccccc3)CC2)c1. The molecule has 0 radical (unpaired) electrons. The van der Waals surface area contributed by atoms with Gasteiger partial charge < -0.3 is 4.74 Å². The van der Waals surface area contributed by atoms with Crippen LogP contribution in [0.25, 0.3) is 6.08 Å². The molecule has 3 nitrogen and oxygen atoms in total. The van der Waals surface area contributed by atoms with Gasteiger partial charge in [0.25, 0.3) is 0 Å². The van der Waals surface area contributed by atoms with E-state index in [0.717, 1.165) is 45.0 Å². The van der Waals surface area contributed by atoms with Gasteiger partial charge in [-0.25, -0.2) is 0 Å². The maximum atomic E-state index is 5.30. The molecule has 0 atom stereocenters. The van der Waals surface area contributed by atoms with E-state index in [1.165, 1.54) is 16.7 Å². The minimum absolute atomic E-state index is 0.913. The lowest BCUT2D eigenvalue weighted by molar-refractivity contribution is 0.135. The zero-order chi connectivity index (χ0) is 17.5. The largest absolute Gasteiger partial charge is 0.497 e. The number of piperazine rings is 1. The number of rotatable bonds is 6. The number of methoxy groups -OCH3 is 1. The third-order valence-electron chi connectivity index (χ3n) is 4.69. The van der Waals surface area contributed by atoms with E-state index in [1.54, 1.807) is 7.11 Å². The van der Waals surface area contributed by atoms with Gasteiger partial charge in [-0.3, -0.25) is 9.80 Å². The monoisotopic (exact) mass is 336 g/mol. The van der Waals surface area contributed by atoms with E-state index in [4.69, 9.17) is 4.74 Å². The molecular weight excluding hydrogens is 308 g/mol. The van der Waals surface area contributed by atoms with Crippen LogP contribution in [0.15, 0.2) is 60.2 Å². The molecule has 25 heavy (non-hydrogen) atoms. The van der Waals surface area contributed by atoms with Crippen LogP contribution >= 0.6 is 0 Å². The maximum Gasteiger partial charge on any atom is 0.119 e. The fourth-order valence-corrected chi connectivity index (χ4v) is 3.36. The summed E-state index contributed by atoms with van der Waals surface area (Å²) < 4.78 is 5.30. The lowest BCUT2D eigenvalue weighted by Crippen LogP contribution is -2.46. The second-order valence-corrected chi connectivity index (χ2v) is 6.81. The predicted molar refractivity (Wildman–Crippen MR) is 105 cm³/mol. The Kier molecular flexibility index (Phi) is 6.26. The first-order valence-corrected chi connectivity index (χ1v) is 9.03. The van der Waals surface area contributed by atoms with Gasteiger partial charge in [0.15, 0.2) is 0 Å². The first kappa shape index (κ1) is 17.7. The molecule has 2 aromatic rings. The van der Waals surface area contributed by atoms with Crippen molar-refractivity contribution in [2.24, 2.45) is 0 Å². The van der Waals surface area contributed by atoms with Gasteiger partial charge in [0.05, 0.1) is 7.11 Å². The first-order valence-electron chi connectivity index (χ1n) is 9.03. The molecule has 1 saturated heterocycles. The summed E-state index contributed by atoms with van der Waals surface area (Å²) >= 11 is 0. The summed E-state index contributed by atoms with van der Waals surface area (Å²) in [6, 6.07) is 19.0. The summed E-state index contributed by atoms with van der Waals surface area (Å²) in [6.07, 6.45) is 2.26. The molecule has 0 amide bonds. The van der Waals surface area contributed by atoms with E-state index in [1.807, 2.05) is 12.1 Å². The first-order chi connectivity index (χ1) is 12.2. The zero-order valence-electron chi connectivity index (χ0n) is 15.3. The quantitative estimate of drug-likeness (QED) is 0.795. The van der Waals surface area contributed by atoms with Gasteiger partial charge in [-0.1, -0.05) is 54.1 Å². The Balaban J connectivity index is 1.49. The average Bonchev–Trinajstić information content (AvgIpc) is 2.64. The van der Waals surface area contributed by atoms with Crippen molar-refractivity contribution in [2.45, 2.75) is 13.5 Å². The van der Waals surface area contributed by atoms with E-state index in [2.05, 4.69) is 65.3 Å². The standard InChI is InChI=1S/C22H28N2O/c1-19(15-21-9-6-10-22(16-21)25-2)17-23-11-13-24(14-12-23)18-20-7-4-3-5-8-20/h3-10,15-16H,11-14,17-18H2,1-2H3/b19-15+. The summed E-state index contributed by atoms with van der Waals surface area (Å²) in [5, 5.41) is 0. The molecule has 0 bridgehead atoms. The fraction of sp³-hybridized carbons (Fsp3) is 0.364. The van der Waals surface area contributed by atoms with Crippen molar-refractivity contribution in [1.29, 1.82) is 0 Å². The van der Waals surface area contributed by atoms with E-state index < -0.39 is 0 Å². The van der Waals surface area contributed by atoms with Crippen LogP contribution in [0.5, 0.6) is 5.75 Å². The molecule has 1 heterocycles. The van der Waals surface area contributed by atoms with Crippen molar-refractivity contribution < 1.29 is 4.74 Å². The van der Waals surface area contributed by atoms with E-state index in [9.17, 15) is 0 Å². The highest BCUT2D eigenvalue weighted by atomic mass is 16.5. The number of hydrogen-bond donors (Lipinski definition) is 0. The third kappa shape index (κ3) is 5.45. The predicted octanol–water partition coefficient (Wildman–Crippen LogP) is 3.92. The Hall–Kier alpha value is -2.10. The molecule has 0 aromatic heterocycles. The molecule has 1 fully saturated rings. The van der Waals surface area contributed by atoms with Crippen LogP contribution in [-0.2, 0) is 6.54 Å². The van der Waals surface area contributed by atoms with Gasteiger partial charge in [0.1, 0.15) is 5.75 Å². The lowest BCUT2D eigenvalue weighted by atomic mass is 10.1. The Bertz CT molecular complexity index is 688. The van der Waals surface area contributed by atoms with Crippen LogP contribution < -0.4 is 4.74 Å². The van der Waals surface area contributed by atoms with Gasteiger partial charge in [0.2, 0.25) is 0 Å². The van der Waals surface area contributed by atoms with Gasteiger partial charge in [-0.15, -0.1) is 0 Å². The fourth-order valence-electron chi connectivity index (χ4n) is 3.36. The van der Waals surface area contributed by atoms with E-state index in [-0.39, 0.29) is 0 Å². The highest BCUT2D eigenvalue weighted by Crippen LogP contribution is 2.16. The highest BCUT2D eigenvalue weighted by Gasteiger charge is 2.16. The lowest BCUT2D eigenvalue weighted by Gasteiger charge is -2.35. The topological polar surface area (TPSA) is 15.7 Å². The molecule has 1 aliphatic rings. The van der Waals surface area contributed by atoms with Crippen molar-refractivity contribution >= 4 is 6.08 Å². The summed E-state index contributed by atoms with van der Waals surface area (Å²) in [6.45, 7) is 8.87. The van der Waals surface area contributed by atoms with Crippen molar-refractivity contribution in [1.82, 2.24) is 9.80 Å². The molecule has 3 heteroatoms. The average molecular weight is 336 g/mol. The zero-order valence-corrected chi connectivity index (χ0v) is 15.3. The smallest absolute Gasteiger partial charge is 0.119 e. The van der Waals surface area contributed by atoms with Crippen LogP contribution in [0.2, 0.25) is 0 Å². The van der Waals surface area contributed by atoms with Gasteiger partial charge >= 0.3 is 0 Å². The Morgan fingerprint density at radius 3 is 2.40 bits per heavy atom. The van der Waals surface area contributed by atoms with Gasteiger partial charge in [0, 0.05) is 39.3 Å². The molecule has 3 rings (SSSR count). The molecule has 2 aromatic carbocycles. The summed E-state index contributed by atoms with van der Waals surface area (Å²) in [7, 11) is 1.71. The molecule has 1 aliphatic heterocycles. The van der Waals surface area contributed by atoms with Gasteiger partial charge in [-0.05, 0) is 30.2 Å². The van der Waals surface area contributed by atoms with Gasteiger partial charge in [-0.2, -0.15) is 0 Å². The normalized spacial score (nSPS) is 16.8. The van der Waals surface area contributed by atoms with E-state index >= 15 is 0 Å². The third-order valence-corrected chi connectivity index (χ3v) is 4.69. The van der Waals surface area contributed by atoms with Crippen LogP contribution in [0.1, 0.15) is 18.1 Å². The van der Waals surface area contributed by atoms with Crippen molar-refractivity contribution in [3.05, 3.63) is 71.3 Å². The minimum atomic E-state index is 0.913. The Labute approximate surface area is 151 Å². The van der Waals surface area contributed by atoms with Crippen molar-refractivity contribution in [2.75, 3.05) is 39.8 Å². The molecule has 132 valence electrons.